The van der Waals surface area contributed by atoms with Gasteiger partial charge in [0.05, 0.1) is 11.6 Å². The summed E-state index contributed by atoms with van der Waals surface area (Å²) in [6.45, 7) is 1.95. The van der Waals surface area contributed by atoms with Crippen LogP contribution < -0.4 is 16.4 Å². The molecule has 5 nitrogen and oxygen atoms in total. The third-order valence-electron chi connectivity index (χ3n) is 4.11. The Hall–Kier alpha value is -1.88. The summed E-state index contributed by atoms with van der Waals surface area (Å²) in [6.07, 6.45) is 2.79. The first-order valence-corrected chi connectivity index (χ1v) is 7.00. The van der Waals surface area contributed by atoms with E-state index in [1.165, 1.54) is 0 Å². The van der Waals surface area contributed by atoms with Crippen LogP contribution in [-0.4, -0.2) is 17.4 Å². The summed E-state index contributed by atoms with van der Waals surface area (Å²) in [5.41, 5.74) is 8.28. The first kappa shape index (κ1) is 13.1. The smallest absolute Gasteiger partial charge is 0.240 e. The lowest BCUT2D eigenvalue weighted by Crippen LogP contribution is -2.43. The first-order chi connectivity index (χ1) is 9.48. The number of carbonyl (C=O) groups excluding carboxylic acids is 2. The number of anilines is 1. The van der Waals surface area contributed by atoms with Gasteiger partial charge in [0, 0.05) is 12.1 Å². The van der Waals surface area contributed by atoms with Crippen LogP contribution >= 0.6 is 0 Å². The fourth-order valence-electron chi connectivity index (χ4n) is 2.46. The highest BCUT2D eigenvalue weighted by Crippen LogP contribution is 2.33. The van der Waals surface area contributed by atoms with Crippen molar-refractivity contribution in [1.29, 1.82) is 0 Å². The largest absolute Gasteiger partial charge is 0.348 e. The summed E-state index contributed by atoms with van der Waals surface area (Å²) in [6, 6.07) is 5.81. The minimum atomic E-state index is -0.642. The van der Waals surface area contributed by atoms with Gasteiger partial charge in [-0.1, -0.05) is 12.1 Å². The monoisotopic (exact) mass is 273 g/mol. The molecule has 1 heterocycles. The average Bonchev–Trinajstić information content (AvgIpc) is 3.17. The lowest BCUT2D eigenvalue weighted by atomic mass is 9.97. The molecule has 3 rings (SSSR count). The second kappa shape index (κ2) is 4.59. The van der Waals surface area contributed by atoms with Crippen LogP contribution in [0.3, 0.4) is 0 Å². The Kier molecular flexibility index (Phi) is 3.01. The topological polar surface area (TPSA) is 84.2 Å². The van der Waals surface area contributed by atoms with E-state index in [0.29, 0.717) is 6.42 Å². The van der Waals surface area contributed by atoms with Crippen molar-refractivity contribution in [2.45, 2.75) is 44.2 Å². The zero-order valence-corrected chi connectivity index (χ0v) is 11.5. The summed E-state index contributed by atoms with van der Waals surface area (Å²) >= 11 is 0. The lowest BCUT2D eigenvalue weighted by Gasteiger charge is -2.21. The standard InChI is InChI=1S/C15H19N3O2/c1-9(17-14(20)15(16)6-7-15)10-2-4-12-11(8-10)3-5-13(19)18-12/h2,4,8-9H,3,5-7,16H2,1H3,(H,17,20)(H,18,19). The Morgan fingerprint density at radius 2 is 2.15 bits per heavy atom. The minimum Gasteiger partial charge on any atom is -0.348 e. The van der Waals surface area contributed by atoms with E-state index >= 15 is 0 Å². The quantitative estimate of drug-likeness (QED) is 0.774. The van der Waals surface area contributed by atoms with Gasteiger partial charge in [0.15, 0.2) is 0 Å². The highest BCUT2D eigenvalue weighted by molar-refractivity contribution is 5.94. The van der Waals surface area contributed by atoms with Crippen molar-refractivity contribution in [3.63, 3.8) is 0 Å². The van der Waals surface area contributed by atoms with Crippen molar-refractivity contribution in [2.75, 3.05) is 5.32 Å². The number of rotatable bonds is 3. The Balaban J connectivity index is 1.73. The van der Waals surface area contributed by atoms with Crippen molar-refractivity contribution in [3.8, 4) is 0 Å². The number of hydrogen-bond acceptors (Lipinski definition) is 3. The molecule has 1 aromatic rings. The van der Waals surface area contributed by atoms with Gasteiger partial charge in [0.1, 0.15) is 0 Å². The third-order valence-corrected chi connectivity index (χ3v) is 4.11. The van der Waals surface area contributed by atoms with Gasteiger partial charge in [0.2, 0.25) is 11.8 Å². The van der Waals surface area contributed by atoms with Crippen LogP contribution in [0.15, 0.2) is 18.2 Å². The van der Waals surface area contributed by atoms with E-state index < -0.39 is 5.54 Å². The summed E-state index contributed by atoms with van der Waals surface area (Å²) in [7, 11) is 0. The molecule has 106 valence electrons. The Bertz CT molecular complexity index is 578. The number of benzene rings is 1. The average molecular weight is 273 g/mol. The van der Waals surface area contributed by atoms with Crippen LogP contribution in [0, 0.1) is 0 Å². The van der Waals surface area contributed by atoms with Crippen molar-refractivity contribution in [2.24, 2.45) is 5.73 Å². The van der Waals surface area contributed by atoms with Gasteiger partial charge in [-0.15, -0.1) is 0 Å². The van der Waals surface area contributed by atoms with Gasteiger partial charge in [-0.3, -0.25) is 9.59 Å². The van der Waals surface area contributed by atoms with Crippen molar-refractivity contribution in [1.82, 2.24) is 5.32 Å². The Labute approximate surface area is 117 Å². The van der Waals surface area contributed by atoms with E-state index in [1.807, 2.05) is 19.1 Å². The van der Waals surface area contributed by atoms with E-state index in [2.05, 4.69) is 16.7 Å². The van der Waals surface area contributed by atoms with Gasteiger partial charge in [-0.2, -0.15) is 0 Å². The Morgan fingerprint density at radius 3 is 2.85 bits per heavy atom. The predicted molar refractivity (Wildman–Crippen MR) is 76.1 cm³/mol. The maximum Gasteiger partial charge on any atom is 0.240 e. The molecule has 1 saturated carbocycles. The van der Waals surface area contributed by atoms with Crippen LogP contribution in [0.2, 0.25) is 0 Å². The molecule has 0 aromatic heterocycles. The van der Waals surface area contributed by atoms with E-state index in [-0.39, 0.29) is 17.9 Å². The molecule has 2 aliphatic rings. The summed E-state index contributed by atoms with van der Waals surface area (Å²) in [5.74, 6) is -0.0126. The number of nitrogens with two attached hydrogens (primary N) is 1. The summed E-state index contributed by atoms with van der Waals surface area (Å²) in [5, 5.41) is 5.82. The molecule has 20 heavy (non-hydrogen) atoms. The van der Waals surface area contributed by atoms with Crippen LogP contribution in [0.5, 0.6) is 0 Å². The van der Waals surface area contributed by atoms with E-state index in [9.17, 15) is 9.59 Å². The molecule has 1 aromatic carbocycles. The molecule has 0 spiro atoms. The molecule has 4 N–H and O–H groups in total. The van der Waals surface area contributed by atoms with Crippen LogP contribution in [0.4, 0.5) is 5.69 Å². The number of amides is 2. The number of hydrogen-bond donors (Lipinski definition) is 3. The molecule has 2 amide bonds. The molecular weight excluding hydrogens is 254 g/mol. The normalized spacial score (nSPS) is 20.6. The number of fused-ring (bicyclic) bond motifs is 1. The SMILES string of the molecule is CC(NC(=O)C1(N)CC1)c1ccc2c(c1)CCC(=O)N2. The van der Waals surface area contributed by atoms with Gasteiger partial charge in [-0.25, -0.2) is 0 Å². The molecule has 0 bridgehead atoms. The van der Waals surface area contributed by atoms with Gasteiger partial charge < -0.3 is 16.4 Å². The van der Waals surface area contributed by atoms with Gasteiger partial charge in [-0.05, 0) is 43.4 Å². The highest BCUT2D eigenvalue weighted by atomic mass is 16.2. The number of carbonyl (C=O) groups is 2. The van der Waals surface area contributed by atoms with Crippen molar-refractivity contribution in [3.05, 3.63) is 29.3 Å². The molecule has 1 aliphatic carbocycles. The zero-order valence-electron chi connectivity index (χ0n) is 11.5. The highest BCUT2D eigenvalue weighted by Gasteiger charge is 2.46. The zero-order chi connectivity index (χ0) is 14.3. The summed E-state index contributed by atoms with van der Waals surface area (Å²) in [4.78, 5) is 23.3. The second-order valence-corrected chi connectivity index (χ2v) is 5.82. The molecule has 0 radical (unpaired) electrons. The molecule has 5 heteroatoms. The van der Waals surface area contributed by atoms with Crippen molar-refractivity contribution < 1.29 is 9.59 Å². The second-order valence-electron chi connectivity index (χ2n) is 5.82. The fourth-order valence-corrected chi connectivity index (χ4v) is 2.46. The fraction of sp³-hybridized carbons (Fsp3) is 0.467. The molecule has 1 unspecified atom stereocenters. The third kappa shape index (κ3) is 2.41. The molecule has 1 aliphatic heterocycles. The van der Waals surface area contributed by atoms with E-state index in [4.69, 9.17) is 5.73 Å². The van der Waals surface area contributed by atoms with Gasteiger partial charge >= 0.3 is 0 Å². The molecule has 1 fully saturated rings. The van der Waals surface area contributed by atoms with Crippen LogP contribution in [0.25, 0.3) is 0 Å². The lowest BCUT2D eigenvalue weighted by molar-refractivity contribution is -0.124. The minimum absolute atomic E-state index is 0.0606. The number of aryl methyl sites for hydroxylation is 1. The van der Waals surface area contributed by atoms with E-state index in [0.717, 1.165) is 36.1 Å². The first-order valence-electron chi connectivity index (χ1n) is 7.00. The summed E-state index contributed by atoms with van der Waals surface area (Å²) < 4.78 is 0. The maximum atomic E-state index is 11.9. The molecule has 1 atom stereocenters. The van der Waals surface area contributed by atoms with E-state index in [1.54, 1.807) is 0 Å². The predicted octanol–water partition coefficient (Wildman–Crippen LogP) is 1.24. The molecule has 0 saturated heterocycles. The molecular formula is C15H19N3O2. The van der Waals surface area contributed by atoms with Crippen LogP contribution in [-0.2, 0) is 16.0 Å². The maximum absolute atomic E-state index is 11.9. The van der Waals surface area contributed by atoms with Crippen LogP contribution in [0.1, 0.15) is 43.4 Å². The van der Waals surface area contributed by atoms with Crippen molar-refractivity contribution >= 4 is 17.5 Å². The Morgan fingerprint density at radius 1 is 1.40 bits per heavy atom. The van der Waals surface area contributed by atoms with Gasteiger partial charge in [0.25, 0.3) is 0 Å². The number of nitrogens with one attached hydrogen (secondary N) is 2.